The molecular weight excluding hydrogens is 264 g/mol. The molecule has 21 heavy (non-hydrogen) atoms. The number of likely N-dealkylation sites (tertiary alicyclic amines) is 1. The van der Waals surface area contributed by atoms with Gasteiger partial charge >= 0.3 is 0 Å². The minimum absolute atomic E-state index is 0.0494. The second-order valence-electron chi connectivity index (χ2n) is 7.13. The molecule has 1 fully saturated rings. The number of carbonyl (C=O) groups is 2. The van der Waals surface area contributed by atoms with Crippen LogP contribution in [0.5, 0.6) is 0 Å². The summed E-state index contributed by atoms with van der Waals surface area (Å²) in [6, 6.07) is 0. The first-order chi connectivity index (χ1) is 9.66. The van der Waals surface area contributed by atoms with Crippen molar-refractivity contribution in [1.82, 2.24) is 9.80 Å². The van der Waals surface area contributed by atoms with Crippen LogP contribution in [0.4, 0.5) is 0 Å². The minimum Gasteiger partial charge on any atom is -0.342 e. The molecule has 0 aromatic carbocycles. The number of carbonyl (C=O) groups excluding carboxylic acids is 2. The van der Waals surface area contributed by atoms with Crippen LogP contribution in [0.15, 0.2) is 12.2 Å². The first-order valence-electron chi connectivity index (χ1n) is 7.89. The SMILES string of the molecule is C=C(C)CN(CC)C(=O)C1CCN(C(=O)C(C)(C)C)CC1. The predicted octanol–water partition coefficient (Wildman–Crippen LogP) is 2.70. The average Bonchev–Trinajstić information content (AvgIpc) is 2.42. The van der Waals surface area contributed by atoms with Gasteiger partial charge in [-0.3, -0.25) is 9.59 Å². The molecule has 0 saturated carbocycles. The molecule has 0 aromatic heterocycles. The van der Waals surface area contributed by atoms with Crippen LogP contribution < -0.4 is 0 Å². The molecular formula is C17H30N2O2. The molecule has 0 spiro atoms. The molecule has 1 heterocycles. The zero-order valence-electron chi connectivity index (χ0n) is 14.2. The van der Waals surface area contributed by atoms with Crippen LogP contribution in [0.1, 0.15) is 47.5 Å². The molecule has 1 aliphatic rings. The van der Waals surface area contributed by atoms with Gasteiger partial charge in [0.25, 0.3) is 0 Å². The highest BCUT2D eigenvalue weighted by Gasteiger charge is 2.33. The number of likely N-dealkylation sites (N-methyl/N-ethyl adjacent to an activating group) is 1. The minimum atomic E-state index is -0.341. The van der Waals surface area contributed by atoms with Crippen molar-refractivity contribution in [2.45, 2.75) is 47.5 Å². The van der Waals surface area contributed by atoms with E-state index in [1.54, 1.807) is 0 Å². The van der Waals surface area contributed by atoms with Crippen LogP contribution in [0.25, 0.3) is 0 Å². The number of nitrogens with zero attached hydrogens (tertiary/aromatic N) is 2. The third-order valence-electron chi connectivity index (χ3n) is 3.93. The summed E-state index contributed by atoms with van der Waals surface area (Å²) in [4.78, 5) is 28.5. The summed E-state index contributed by atoms with van der Waals surface area (Å²) in [5.74, 6) is 0.444. The summed E-state index contributed by atoms with van der Waals surface area (Å²) >= 11 is 0. The van der Waals surface area contributed by atoms with Crippen LogP contribution in [-0.2, 0) is 9.59 Å². The third-order valence-corrected chi connectivity index (χ3v) is 3.93. The molecule has 1 aliphatic heterocycles. The molecule has 0 aliphatic carbocycles. The first kappa shape index (κ1) is 17.7. The maximum absolute atomic E-state index is 12.5. The fourth-order valence-electron chi connectivity index (χ4n) is 2.73. The van der Waals surface area contributed by atoms with Gasteiger partial charge < -0.3 is 9.80 Å². The largest absolute Gasteiger partial charge is 0.342 e. The van der Waals surface area contributed by atoms with E-state index in [4.69, 9.17) is 0 Å². The topological polar surface area (TPSA) is 40.6 Å². The van der Waals surface area contributed by atoms with Crippen molar-refractivity contribution in [3.05, 3.63) is 12.2 Å². The highest BCUT2D eigenvalue weighted by atomic mass is 16.2. The molecule has 0 N–H and O–H groups in total. The average molecular weight is 294 g/mol. The Balaban J connectivity index is 2.58. The molecule has 120 valence electrons. The Morgan fingerprint density at radius 2 is 1.76 bits per heavy atom. The Kier molecular flexibility index (Phi) is 5.99. The van der Waals surface area contributed by atoms with Crippen LogP contribution >= 0.6 is 0 Å². The van der Waals surface area contributed by atoms with E-state index < -0.39 is 0 Å². The van der Waals surface area contributed by atoms with Crippen molar-refractivity contribution in [3.8, 4) is 0 Å². The highest BCUT2D eigenvalue weighted by molar-refractivity contribution is 5.82. The van der Waals surface area contributed by atoms with E-state index in [2.05, 4.69) is 6.58 Å². The predicted molar refractivity (Wildman–Crippen MR) is 85.8 cm³/mol. The Hall–Kier alpha value is -1.32. The van der Waals surface area contributed by atoms with Gasteiger partial charge in [0, 0.05) is 37.5 Å². The summed E-state index contributed by atoms with van der Waals surface area (Å²) in [6.45, 7) is 16.4. The highest BCUT2D eigenvalue weighted by Crippen LogP contribution is 2.24. The van der Waals surface area contributed by atoms with Gasteiger partial charge in [-0.1, -0.05) is 32.9 Å². The number of hydrogen-bond donors (Lipinski definition) is 0. The fourth-order valence-corrected chi connectivity index (χ4v) is 2.73. The van der Waals surface area contributed by atoms with E-state index >= 15 is 0 Å². The lowest BCUT2D eigenvalue weighted by atomic mass is 9.90. The van der Waals surface area contributed by atoms with Crippen LogP contribution in [-0.4, -0.2) is 47.8 Å². The van der Waals surface area contributed by atoms with E-state index in [-0.39, 0.29) is 23.1 Å². The molecule has 4 nitrogen and oxygen atoms in total. The van der Waals surface area contributed by atoms with Crippen molar-refractivity contribution in [2.24, 2.45) is 11.3 Å². The molecule has 0 aromatic rings. The van der Waals surface area contributed by atoms with Crippen molar-refractivity contribution < 1.29 is 9.59 Å². The van der Waals surface area contributed by atoms with Gasteiger partial charge in [-0.25, -0.2) is 0 Å². The van der Waals surface area contributed by atoms with E-state index in [0.29, 0.717) is 26.2 Å². The molecule has 0 radical (unpaired) electrons. The lowest BCUT2D eigenvalue weighted by Crippen LogP contribution is -2.47. The van der Waals surface area contributed by atoms with Crippen LogP contribution in [0.2, 0.25) is 0 Å². The van der Waals surface area contributed by atoms with Gasteiger partial charge in [0.05, 0.1) is 0 Å². The van der Waals surface area contributed by atoms with E-state index in [9.17, 15) is 9.59 Å². The fraction of sp³-hybridized carbons (Fsp3) is 0.765. The van der Waals surface area contributed by atoms with Crippen molar-refractivity contribution >= 4 is 11.8 Å². The monoisotopic (exact) mass is 294 g/mol. The lowest BCUT2D eigenvalue weighted by molar-refractivity contribution is -0.144. The lowest BCUT2D eigenvalue weighted by Gasteiger charge is -2.36. The van der Waals surface area contributed by atoms with Gasteiger partial charge in [0.1, 0.15) is 0 Å². The van der Waals surface area contributed by atoms with E-state index in [1.165, 1.54) is 0 Å². The first-order valence-corrected chi connectivity index (χ1v) is 7.89. The zero-order chi connectivity index (χ0) is 16.2. The van der Waals surface area contributed by atoms with Gasteiger partial charge in [-0.2, -0.15) is 0 Å². The number of hydrogen-bond acceptors (Lipinski definition) is 2. The standard InChI is InChI=1S/C17H30N2O2/c1-7-18(12-13(2)3)15(20)14-8-10-19(11-9-14)16(21)17(4,5)6/h14H,2,7-12H2,1,3-6H3. The van der Waals surface area contributed by atoms with Crippen molar-refractivity contribution in [3.63, 3.8) is 0 Å². The van der Waals surface area contributed by atoms with Crippen LogP contribution in [0.3, 0.4) is 0 Å². The number of piperidine rings is 1. The van der Waals surface area contributed by atoms with Gasteiger partial charge in [0.15, 0.2) is 0 Å². The van der Waals surface area contributed by atoms with Gasteiger partial charge in [-0.15, -0.1) is 0 Å². The van der Waals surface area contributed by atoms with Gasteiger partial charge in [-0.05, 0) is 26.7 Å². The Bertz CT molecular complexity index is 402. The summed E-state index contributed by atoms with van der Waals surface area (Å²) in [5, 5.41) is 0. The van der Waals surface area contributed by atoms with Crippen LogP contribution in [0, 0.1) is 11.3 Å². The van der Waals surface area contributed by atoms with E-state index in [1.807, 2.05) is 44.4 Å². The van der Waals surface area contributed by atoms with E-state index in [0.717, 1.165) is 18.4 Å². The zero-order valence-corrected chi connectivity index (χ0v) is 14.2. The molecule has 0 atom stereocenters. The Morgan fingerprint density at radius 3 is 2.14 bits per heavy atom. The molecule has 1 saturated heterocycles. The normalized spacial score (nSPS) is 16.7. The molecule has 4 heteroatoms. The van der Waals surface area contributed by atoms with Gasteiger partial charge in [0.2, 0.25) is 11.8 Å². The number of rotatable bonds is 4. The second-order valence-corrected chi connectivity index (χ2v) is 7.13. The Morgan fingerprint density at radius 1 is 1.24 bits per heavy atom. The summed E-state index contributed by atoms with van der Waals surface area (Å²) in [7, 11) is 0. The smallest absolute Gasteiger partial charge is 0.227 e. The molecule has 2 amide bonds. The van der Waals surface area contributed by atoms with Crippen molar-refractivity contribution in [1.29, 1.82) is 0 Å². The molecule has 0 unspecified atom stereocenters. The second kappa shape index (κ2) is 7.10. The maximum atomic E-state index is 12.5. The third kappa shape index (κ3) is 4.87. The molecule has 1 rings (SSSR count). The number of amides is 2. The summed E-state index contributed by atoms with van der Waals surface area (Å²) in [6.07, 6.45) is 1.54. The Labute approximate surface area is 129 Å². The quantitative estimate of drug-likeness (QED) is 0.748. The summed E-state index contributed by atoms with van der Waals surface area (Å²) < 4.78 is 0. The van der Waals surface area contributed by atoms with Crippen molar-refractivity contribution in [2.75, 3.05) is 26.2 Å². The molecule has 0 bridgehead atoms. The maximum Gasteiger partial charge on any atom is 0.227 e. The summed E-state index contributed by atoms with van der Waals surface area (Å²) in [5.41, 5.74) is 0.664.